The van der Waals surface area contributed by atoms with Gasteiger partial charge in [-0.05, 0) is 67.1 Å². The molecule has 0 aliphatic heterocycles. The number of methoxy groups -OCH3 is 1. The molecule has 29 heavy (non-hydrogen) atoms. The van der Waals surface area contributed by atoms with E-state index in [9.17, 15) is 14.4 Å². The van der Waals surface area contributed by atoms with Crippen LogP contribution in [0.15, 0.2) is 0 Å². The third-order valence-corrected chi connectivity index (χ3v) is 10.0. The molecule has 0 heterocycles. The second-order valence-corrected chi connectivity index (χ2v) is 11.0. The molecule has 0 aromatic heterocycles. The zero-order valence-electron chi connectivity index (χ0n) is 18.7. The Morgan fingerprint density at radius 2 is 1.86 bits per heavy atom. The van der Waals surface area contributed by atoms with Crippen molar-refractivity contribution in [3.05, 3.63) is 0 Å². The van der Waals surface area contributed by atoms with Gasteiger partial charge in [-0.25, -0.2) is 0 Å². The van der Waals surface area contributed by atoms with Crippen molar-refractivity contribution in [1.82, 2.24) is 0 Å². The topological polar surface area (TPSA) is 60.4 Å². The summed E-state index contributed by atoms with van der Waals surface area (Å²) in [7, 11) is 1.43. The maximum Gasteiger partial charge on any atom is 0.305 e. The Hall–Kier alpha value is -1.19. The number of ether oxygens (including phenoxy) is 1. The van der Waals surface area contributed by atoms with Crippen LogP contribution in [0.4, 0.5) is 0 Å². The number of Topliss-reactive ketones (excluding diaryl/α,β-unsaturated/α-hetero) is 2. The Morgan fingerprint density at radius 1 is 1.10 bits per heavy atom. The van der Waals surface area contributed by atoms with Crippen LogP contribution in [0.25, 0.3) is 0 Å². The van der Waals surface area contributed by atoms with Gasteiger partial charge in [0.15, 0.2) is 0 Å². The predicted octanol–water partition coefficient (Wildman–Crippen LogP) is 4.98. The van der Waals surface area contributed by atoms with Crippen LogP contribution in [-0.2, 0) is 19.1 Å². The van der Waals surface area contributed by atoms with Crippen molar-refractivity contribution < 1.29 is 19.1 Å². The number of hydrogen-bond donors (Lipinski definition) is 0. The highest BCUT2D eigenvalue weighted by Gasteiger charge is 2.65. The molecule has 0 amide bonds. The number of esters is 1. The molecule has 4 saturated carbocycles. The van der Waals surface area contributed by atoms with E-state index in [1.807, 2.05) is 0 Å². The van der Waals surface area contributed by atoms with Gasteiger partial charge in [-0.15, -0.1) is 0 Å². The van der Waals surface area contributed by atoms with Gasteiger partial charge in [-0.2, -0.15) is 0 Å². The number of hydrogen-bond acceptors (Lipinski definition) is 4. The number of ketones is 2. The maximum absolute atomic E-state index is 13.7. The Labute approximate surface area is 175 Å². The van der Waals surface area contributed by atoms with Crippen LogP contribution in [0.2, 0.25) is 0 Å². The van der Waals surface area contributed by atoms with Crippen molar-refractivity contribution in [3.63, 3.8) is 0 Å². The number of carbonyl (C=O) groups excluding carboxylic acids is 3. The molecule has 4 fully saturated rings. The molecule has 4 heteroatoms. The maximum atomic E-state index is 13.7. The summed E-state index contributed by atoms with van der Waals surface area (Å²) in [5, 5.41) is 0. The van der Waals surface area contributed by atoms with Crippen molar-refractivity contribution in [2.45, 2.75) is 85.0 Å². The summed E-state index contributed by atoms with van der Waals surface area (Å²) in [6.45, 7) is 6.73. The molecule has 4 aliphatic carbocycles. The van der Waals surface area contributed by atoms with Crippen LogP contribution in [0.5, 0.6) is 0 Å². The molecule has 8 atom stereocenters. The first-order valence-electron chi connectivity index (χ1n) is 11.9. The second kappa shape index (κ2) is 7.50. The van der Waals surface area contributed by atoms with Gasteiger partial charge in [0.05, 0.1) is 7.11 Å². The SMILES string of the molecule is COC(=O)CC[C@H](C)[C@H]1CC[C@@H]2[C@@H]3C(=O)C[C@@H]4CCCC[C@]4(C)[C@H]3CC(=O)[C@@]21C. The van der Waals surface area contributed by atoms with E-state index in [1.165, 1.54) is 26.4 Å². The van der Waals surface area contributed by atoms with Crippen molar-refractivity contribution in [3.8, 4) is 0 Å². The number of carbonyl (C=O) groups is 3. The molecule has 4 aliphatic rings. The molecule has 4 rings (SSSR count). The highest BCUT2D eigenvalue weighted by molar-refractivity contribution is 5.92. The first-order valence-corrected chi connectivity index (χ1v) is 11.9. The normalized spacial score (nSPS) is 45.2. The molecular formula is C25H38O4. The molecular weight excluding hydrogens is 364 g/mol. The Balaban J connectivity index is 1.60. The van der Waals surface area contributed by atoms with Gasteiger partial charge in [0.2, 0.25) is 0 Å². The fourth-order valence-electron chi connectivity index (χ4n) is 8.28. The summed E-state index contributed by atoms with van der Waals surface area (Å²) in [5.74, 6) is 2.26. The van der Waals surface area contributed by atoms with Crippen molar-refractivity contribution in [2.24, 2.45) is 46.3 Å². The van der Waals surface area contributed by atoms with E-state index in [2.05, 4.69) is 20.8 Å². The van der Waals surface area contributed by atoms with Crippen molar-refractivity contribution in [1.29, 1.82) is 0 Å². The molecule has 0 radical (unpaired) electrons. The smallest absolute Gasteiger partial charge is 0.305 e. The number of rotatable bonds is 4. The first-order chi connectivity index (χ1) is 13.7. The largest absolute Gasteiger partial charge is 0.469 e. The minimum atomic E-state index is -0.399. The fourth-order valence-corrected chi connectivity index (χ4v) is 8.28. The van der Waals surface area contributed by atoms with Gasteiger partial charge in [0.25, 0.3) is 0 Å². The monoisotopic (exact) mass is 402 g/mol. The zero-order chi connectivity index (χ0) is 21.0. The van der Waals surface area contributed by atoms with Crippen LogP contribution < -0.4 is 0 Å². The van der Waals surface area contributed by atoms with E-state index in [4.69, 9.17) is 4.74 Å². The Bertz CT molecular complexity index is 699. The summed E-state index contributed by atoms with van der Waals surface area (Å²) in [6.07, 6.45) is 9.32. The van der Waals surface area contributed by atoms with Gasteiger partial charge in [0.1, 0.15) is 11.6 Å². The summed E-state index contributed by atoms with van der Waals surface area (Å²) >= 11 is 0. The average Bonchev–Trinajstić information content (AvgIpc) is 3.05. The van der Waals surface area contributed by atoms with Gasteiger partial charge in [-0.3, -0.25) is 14.4 Å². The lowest BCUT2D eigenvalue weighted by atomic mass is 9.44. The molecule has 0 aromatic carbocycles. The Kier molecular flexibility index (Phi) is 5.44. The van der Waals surface area contributed by atoms with E-state index >= 15 is 0 Å². The molecule has 0 bridgehead atoms. The molecule has 162 valence electrons. The second-order valence-electron chi connectivity index (χ2n) is 11.0. The number of fused-ring (bicyclic) bond motifs is 5. The molecule has 0 aromatic rings. The van der Waals surface area contributed by atoms with Crippen LogP contribution >= 0.6 is 0 Å². The Morgan fingerprint density at radius 3 is 2.59 bits per heavy atom. The quantitative estimate of drug-likeness (QED) is 0.622. The van der Waals surface area contributed by atoms with Gasteiger partial charge >= 0.3 is 5.97 Å². The lowest BCUT2D eigenvalue weighted by molar-refractivity contribution is -0.165. The molecule has 0 unspecified atom stereocenters. The summed E-state index contributed by atoms with van der Waals surface area (Å²) in [6, 6.07) is 0. The van der Waals surface area contributed by atoms with E-state index in [0.717, 1.165) is 32.1 Å². The van der Waals surface area contributed by atoms with Gasteiger partial charge in [0, 0.05) is 30.6 Å². The van der Waals surface area contributed by atoms with Crippen molar-refractivity contribution >= 4 is 17.5 Å². The molecule has 4 nitrogen and oxygen atoms in total. The lowest BCUT2D eigenvalue weighted by Crippen LogP contribution is -2.59. The molecule has 0 saturated heterocycles. The summed E-state index contributed by atoms with van der Waals surface area (Å²) in [4.78, 5) is 38.7. The third-order valence-electron chi connectivity index (χ3n) is 10.0. The van der Waals surface area contributed by atoms with E-state index in [0.29, 0.717) is 36.2 Å². The van der Waals surface area contributed by atoms with Crippen LogP contribution in [0, 0.1) is 46.3 Å². The third kappa shape index (κ3) is 3.11. The first kappa shape index (κ1) is 21.1. The minimum absolute atomic E-state index is 0.0786. The minimum Gasteiger partial charge on any atom is -0.469 e. The average molecular weight is 403 g/mol. The fraction of sp³-hybridized carbons (Fsp3) is 0.880. The van der Waals surface area contributed by atoms with Crippen LogP contribution in [0.3, 0.4) is 0 Å². The summed E-state index contributed by atoms with van der Waals surface area (Å²) in [5.41, 5.74) is -0.230. The highest BCUT2D eigenvalue weighted by Crippen LogP contribution is 2.66. The lowest BCUT2D eigenvalue weighted by Gasteiger charge is -2.59. The van der Waals surface area contributed by atoms with Crippen LogP contribution in [-0.4, -0.2) is 24.6 Å². The van der Waals surface area contributed by atoms with Crippen LogP contribution in [0.1, 0.15) is 85.0 Å². The van der Waals surface area contributed by atoms with Gasteiger partial charge < -0.3 is 4.74 Å². The van der Waals surface area contributed by atoms with E-state index in [1.54, 1.807) is 0 Å². The van der Waals surface area contributed by atoms with E-state index in [-0.39, 0.29) is 35.1 Å². The van der Waals surface area contributed by atoms with Gasteiger partial charge in [-0.1, -0.05) is 33.6 Å². The van der Waals surface area contributed by atoms with E-state index < -0.39 is 5.41 Å². The zero-order valence-corrected chi connectivity index (χ0v) is 18.7. The standard InChI is InChI=1S/C25H38O4/c1-15(8-11-22(28)29-4)17-9-10-18-23-19(14-21(27)25(17,18)3)24(2)12-6-5-7-16(24)13-20(23)26/h15-19,23H,5-14H2,1-4H3/t15-,16-,17+,18+,19-,23-,24-,25+/m0/s1. The highest BCUT2D eigenvalue weighted by atomic mass is 16.5. The molecule has 0 N–H and O–H groups in total. The van der Waals surface area contributed by atoms with Crippen molar-refractivity contribution in [2.75, 3.05) is 7.11 Å². The summed E-state index contributed by atoms with van der Waals surface area (Å²) < 4.78 is 4.81. The predicted molar refractivity (Wildman–Crippen MR) is 111 cm³/mol. The molecule has 0 spiro atoms.